The highest BCUT2D eigenvalue weighted by atomic mass is 79.9. The number of hydrogen-bond donors (Lipinski definition) is 2. The van der Waals surface area contributed by atoms with Crippen LogP contribution in [0.4, 0.5) is 0 Å². The summed E-state index contributed by atoms with van der Waals surface area (Å²) in [5.74, 6) is -1.46. The second kappa shape index (κ2) is 7.74. The number of halogens is 1. The van der Waals surface area contributed by atoms with Gasteiger partial charge in [-0.05, 0) is 37.0 Å². The smallest absolute Gasteiger partial charge is 0.326 e. The lowest BCUT2D eigenvalue weighted by Gasteiger charge is -2.28. The first kappa shape index (κ1) is 17.0. The fraction of sp³-hybridized carbons (Fsp3) is 0.500. The van der Waals surface area contributed by atoms with Crippen LogP contribution in [0.2, 0.25) is 0 Å². The molecule has 1 aliphatic heterocycles. The average molecular weight is 370 g/mol. The van der Waals surface area contributed by atoms with Crippen LogP contribution in [-0.2, 0) is 20.7 Å². The first-order valence-electron chi connectivity index (χ1n) is 7.32. The monoisotopic (exact) mass is 369 g/mol. The minimum Gasteiger partial charge on any atom is -0.480 e. The predicted octanol–water partition coefficient (Wildman–Crippen LogP) is 2.30. The van der Waals surface area contributed by atoms with E-state index in [-0.39, 0.29) is 18.2 Å². The SMILES string of the molecule is Cc1ccc(CC(=O)NC(C(=O)O)C2CCCOC2)cc1Br. The highest BCUT2D eigenvalue weighted by molar-refractivity contribution is 9.10. The molecule has 1 fully saturated rings. The zero-order valence-corrected chi connectivity index (χ0v) is 14.1. The molecule has 1 heterocycles. The maximum atomic E-state index is 12.1. The summed E-state index contributed by atoms with van der Waals surface area (Å²) in [6.45, 7) is 3.01. The van der Waals surface area contributed by atoms with Crippen molar-refractivity contribution in [3.05, 3.63) is 33.8 Å². The number of benzene rings is 1. The van der Waals surface area contributed by atoms with Crippen LogP contribution in [-0.4, -0.2) is 36.2 Å². The molecule has 2 rings (SSSR count). The number of rotatable bonds is 5. The number of aliphatic carboxylic acids is 1. The van der Waals surface area contributed by atoms with Crippen LogP contribution >= 0.6 is 15.9 Å². The molecule has 2 unspecified atom stereocenters. The standard InChI is InChI=1S/C16H20BrNO4/c1-10-4-5-11(7-13(10)17)8-14(19)18-15(16(20)21)12-3-2-6-22-9-12/h4-5,7,12,15H,2-3,6,8-9H2,1H3,(H,18,19)(H,20,21). The van der Waals surface area contributed by atoms with Crippen LogP contribution in [0, 0.1) is 12.8 Å². The number of ether oxygens (including phenoxy) is 1. The largest absolute Gasteiger partial charge is 0.480 e. The Morgan fingerprint density at radius 3 is 2.86 bits per heavy atom. The quantitative estimate of drug-likeness (QED) is 0.834. The molecular weight excluding hydrogens is 350 g/mol. The summed E-state index contributed by atoms with van der Waals surface area (Å²) in [6, 6.07) is 4.80. The number of carbonyl (C=O) groups is 2. The number of aryl methyl sites for hydroxylation is 1. The van der Waals surface area contributed by atoms with E-state index in [0.29, 0.717) is 13.2 Å². The summed E-state index contributed by atoms with van der Waals surface area (Å²) in [5, 5.41) is 12.0. The molecule has 0 spiro atoms. The third kappa shape index (κ3) is 4.55. The van der Waals surface area contributed by atoms with Crippen molar-refractivity contribution < 1.29 is 19.4 Å². The lowest BCUT2D eigenvalue weighted by atomic mass is 9.93. The Bertz CT molecular complexity index is 555. The third-order valence-electron chi connectivity index (χ3n) is 3.85. The maximum absolute atomic E-state index is 12.1. The van der Waals surface area contributed by atoms with E-state index in [0.717, 1.165) is 28.4 Å². The Labute approximate surface area is 138 Å². The molecule has 0 bridgehead atoms. The topological polar surface area (TPSA) is 75.6 Å². The van der Waals surface area contributed by atoms with Crippen molar-refractivity contribution in [3.8, 4) is 0 Å². The Morgan fingerprint density at radius 1 is 1.50 bits per heavy atom. The van der Waals surface area contributed by atoms with Crippen LogP contribution in [0.25, 0.3) is 0 Å². The number of hydrogen-bond acceptors (Lipinski definition) is 3. The lowest BCUT2D eigenvalue weighted by Crippen LogP contribution is -2.48. The molecule has 1 aromatic carbocycles. The van der Waals surface area contributed by atoms with Gasteiger partial charge in [-0.2, -0.15) is 0 Å². The van der Waals surface area contributed by atoms with E-state index in [1.807, 2.05) is 25.1 Å². The molecule has 2 atom stereocenters. The summed E-state index contributed by atoms with van der Waals surface area (Å²) in [4.78, 5) is 23.5. The summed E-state index contributed by atoms with van der Waals surface area (Å²) < 4.78 is 6.26. The highest BCUT2D eigenvalue weighted by Crippen LogP contribution is 2.19. The molecule has 0 aliphatic carbocycles. The molecule has 1 aromatic rings. The van der Waals surface area contributed by atoms with E-state index in [1.54, 1.807) is 0 Å². The summed E-state index contributed by atoms with van der Waals surface area (Å²) in [7, 11) is 0. The predicted molar refractivity (Wildman–Crippen MR) is 85.7 cm³/mol. The van der Waals surface area contributed by atoms with Crippen molar-refractivity contribution in [2.75, 3.05) is 13.2 Å². The highest BCUT2D eigenvalue weighted by Gasteiger charge is 2.31. The van der Waals surface area contributed by atoms with Gasteiger partial charge in [-0.3, -0.25) is 4.79 Å². The summed E-state index contributed by atoms with van der Waals surface area (Å²) in [5.41, 5.74) is 1.94. The second-order valence-electron chi connectivity index (χ2n) is 5.62. The Balaban J connectivity index is 1.98. The first-order chi connectivity index (χ1) is 10.5. The number of amides is 1. The molecule has 5 nitrogen and oxygen atoms in total. The normalized spacial score (nSPS) is 19.5. The van der Waals surface area contributed by atoms with Crippen LogP contribution < -0.4 is 5.32 Å². The van der Waals surface area contributed by atoms with Gasteiger partial charge in [-0.15, -0.1) is 0 Å². The van der Waals surface area contributed by atoms with Crippen LogP contribution in [0.15, 0.2) is 22.7 Å². The zero-order chi connectivity index (χ0) is 16.1. The van der Waals surface area contributed by atoms with Crippen molar-refractivity contribution in [1.29, 1.82) is 0 Å². The van der Waals surface area contributed by atoms with Crippen molar-refractivity contribution in [1.82, 2.24) is 5.32 Å². The molecule has 120 valence electrons. The van der Waals surface area contributed by atoms with E-state index in [2.05, 4.69) is 21.2 Å². The van der Waals surface area contributed by atoms with Gasteiger partial charge in [0.15, 0.2) is 0 Å². The van der Waals surface area contributed by atoms with Crippen LogP contribution in [0.5, 0.6) is 0 Å². The molecule has 0 radical (unpaired) electrons. The maximum Gasteiger partial charge on any atom is 0.326 e. The number of carbonyl (C=O) groups excluding carboxylic acids is 1. The first-order valence-corrected chi connectivity index (χ1v) is 8.11. The van der Waals surface area contributed by atoms with Crippen molar-refractivity contribution in [2.45, 2.75) is 32.2 Å². The Kier molecular flexibility index (Phi) is 5.97. The van der Waals surface area contributed by atoms with Gasteiger partial charge in [-0.1, -0.05) is 28.1 Å². The number of carboxylic acid groups (broad SMARTS) is 1. The second-order valence-corrected chi connectivity index (χ2v) is 6.48. The zero-order valence-electron chi connectivity index (χ0n) is 12.5. The molecule has 1 saturated heterocycles. The Morgan fingerprint density at radius 2 is 2.27 bits per heavy atom. The third-order valence-corrected chi connectivity index (χ3v) is 4.70. The van der Waals surface area contributed by atoms with Gasteiger partial charge in [0.1, 0.15) is 6.04 Å². The van der Waals surface area contributed by atoms with E-state index in [4.69, 9.17) is 4.74 Å². The fourth-order valence-electron chi connectivity index (χ4n) is 2.57. The van der Waals surface area contributed by atoms with Gasteiger partial charge in [-0.25, -0.2) is 4.79 Å². The molecule has 0 saturated carbocycles. The van der Waals surface area contributed by atoms with E-state index in [9.17, 15) is 14.7 Å². The van der Waals surface area contributed by atoms with Crippen molar-refractivity contribution >= 4 is 27.8 Å². The van der Waals surface area contributed by atoms with Crippen LogP contribution in [0.1, 0.15) is 24.0 Å². The van der Waals surface area contributed by atoms with Gasteiger partial charge in [0.2, 0.25) is 5.91 Å². The molecule has 1 amide bonds. The minimum absolute atomic E-state index is 0.163. The molecule has 0 aromatic heterocycles. The van der Waals surface area contributed by atoms with Gasteiger partial charge >= 0.3 is 5.97 Å². The van der Waals surface area contributed by atoms with Gasteiger partial charge in [0, 0.05) is 17.0 Å². The molecule has 2 N–H and O–H groups in total. The summed E-state index contributed by atoms with van der Waals surface area (Å²) in [6.07, 6.45) is 1.75. The average Bonchev–Trinajstić information content (AvgIpc) is 2.49. The van der Waals surface area contributed by atoms with E-state index < -0.39 is 12.0 Å². The number of nitrogens with one attached hydrogen (secondary N) is 1. The van der Waals surface area contributed by atoms with E-state index in [1.165, 1.54) is 0 Å². The summed E-state index contributed by atoms with van der Waals surface area (Å²) >= 11 is 3.43. The van der Waals surface area contributed by atoms with Crippen molar-refractivity contribution in [2.24, 2.45) is 5.92 Å². The fourth-order valence-corrected chi connectivity index (χ4v) is 2.99. The molecular formula is C16H20BrNO4. The molecule has 22 heavy (non-hydrogen) atoms. The molecule has 1 aliphatic rings. The number of carboxylic acids is 1. The van der Waals surface area contributed by atoms with Crippen molar-refractivity contribution in [3.63, 3.8) is 0 Å². The van der Waals surface area contributed by atoms with Gasteiger partial charge in [0.25, 0.3) is 0 Å². The lowest BCUT2D eigenvalue weighted by molar-refractivity contribution is -0.145. The Hall–Kier alpha value is -1.40. The van der Waals surface area contributed by atoms with Gasteiger partial charge < -0.3 is 15.2 Å². The van der Waals surface area contributed by atoms with Crippen LogP contribution in [0.3, 0.4) is 0 Å². The van der Waals surface area contributed by atoms with Gasteiger partial charge in [0.05, 0.1) is 13.0 Å². The van der Waals surface area contributed by atoms with E-state index >= 15 is 0 Å². The molecule has 6 heteroatoms. The minimum atomic E-state index is -1.01.